The van der Waals surface area contributed by atoms with E-state index in [9.17, 15) is 4.79 Å². The molecule has 4 nitrogen and oxygen atoms in total. The van der Waals surface area contributed by atoms with Gasteiger partial charge in [-0.05, 0) is 30.2 Å². The van der Waals surface area contributed by atoms with E-state index in [-0.39, 0.29) is 5.91 Å². The Hall–Kier alpha value is -1.66. The van der Waals surface area contributed by atoms with Crippen LogP contribution in [0.2, 0.25) is 0 Å². The summed E-state index contributed by atoms with van der Waals surface area (Å²) in [7, 11) is 0. The molecule has 22 heavy (non-hydrogen) atoms. The first kappa shape index (κ1) is 14.0. The van der Waals surface area contributed by atoms with Crippen molar-refractivity contribution in [3.63, 3.8) is 0 Å². The van der Waals surface area contributed by atoms with Crippen LogP contribution in [-0.2, 0) is 0 Å². The predicted octanol–water partition coefficient (Wildman–Crippen LogP) is 4.00. The molecule has 0 bridgehead atoms. The zero-order valence-electron chi connectivity index (χ0n) is 12.4. The fourth-order valence-electron chi connectivity index (χ4n) is 2.85. The van der Waals surface area contributed by atoms with Crippen LogP contribution in [0.5, 0.6) is 0 Å². The van der Waals surface area contributed by atoms with E-state index in [1.807, 2.05) is 32.3 Å². The average molecular weight is 331 g/mol. The summed E-state index contributed by atoms with van der Waals surface area (Å²) in [5.74, 6) is 0.860. The number of amides is 1. The highest BCUT2D eigenvalue weighted by molar-refractivity contribution is 7.15. The summed E-state index contributed by atoms with van der Waals surface area (Å²) in [6.45, 7) is 3.99. The Bertz CT molecular complexity index is 795. The number of carbonyl (C=O) groups is 1. The highest BCUT2D eigenvalue weighted by Crippen LogP contribution is 2.28. The maximum Gasteiger partial charge on any atom is 0.271 e. The molecule has 3 aromatic heterocycles. The van der Waals surface area contributed by atoms with E-state index in [0.717, 1.165) is 53.1 Å². The van der Waals surface area contributed by atoms with Crippen molar-refractivity contribution in [2.24, 2.45) is 5.92 Å². The largest absolute Gasteiger partial charge is 0.337 e. The molecule has 0 N–H and O–H groups in total. The lowest BCUT2D eigenvalue weighted by atomic mass is 9.99. The highest BCUT2D eigenvalue weighted by atomic mass is 32.1. The van der Waals surface area contributed by atoms with E-state index in [1.54, 1.807) is 11.3 Å². The van der Waals surface area contributed by atoms with Gasteiger partial charge in [0.2, 0.25) is 0 Å². The van der Waals surface area contributed by atoms with Gasteiger partial charge in [0, 0.05) is 24.7 Å². The third-order valence-corrected chi connectivity index (χ3v) is 6.00. The van der Waals surface area contributed by atoms with Gasteiger partial charge in [-0.3, -0.25) is 9.20 Å². The van der Waals surface area contributed by atoms with Crippen LogP contribution >= 0.6 is 22.7 Å². The summed E-state index contributed by atoms with van der Waals surface area (Å²) in [5, 5.41) is 3.98. The van der Waals surface area contributed by atoms with Gasteiger partial charge in [-0.15, -0.1) is 22.7 Å². The Kier molecular flexibility index (Phi) is 3.50. The lowest BCUT2D eigenvalue weighted by Gasteiger charge is -2.30. The van der Waals surface area contributed by atoms with E-state index in [4.69, 9.17) is 0 Å². The fraction of sp³-hybridized carbons (Fsp3) is 0.375. The van der Waals surface area contributed by atoms with Crippen molar-refractivity contribution in [1.82, 2.24) is 14.3 Å². The van der Waals surface area contributed by atoms with Crippen molar-refractivity contribution >= 4 is 33.5 Å². The number of hydrogen-bond donors (Lipinski definition) is 0. The van der Waals surface area contributed by atoms with Crippen molar-refractivity contribution in [3.8, 4) is 10.6 Å². The Labute approximate surface area is 137 Å². The summed E-state index contributed by atoms with van der Waals surface area (Å²) < 4.78 is 1.94. The number of aromatic nitrogens is 2. The van der Waals surface area contributed by atoms with Gasteiger partial charge in [-0.2, -0.15) is 0 Å². The molecule has 0 spiro atoms. The summed E-state index contributed by atoms with van der Waals surface area (Å²) in [4.78, 5) is 21.4. The van der Waals surface area contributed by atoms with E-state index < -0.39 is 0 Å². The molecular weight excluding hydrogens is 314 g/mol. The second-order valence-corrected chi connectivity index (χ2v) is 7.64. The van der Waals surface area contributed by atoms with Crippen LogP contribution in [0.25, 0.3) is 15.5 Å². The zero-order chi connectivity index (χ0) is 15.1. The van der Waals surface area contributed by atoms with Crippen molar-refractivity contribution in [3.05, 3.63) is 34.8 Å². The molecule has 114 valence electrons. The van der Waals surface area contributed by atoms with Gasteiger partial charge >= 0.3 is 0 Å². The standard InChI is InChI=1S/C16H17N3OS2/c1-11-4-6-18(7-5-11)15(20)13-10-22-16-17-12(9-19(13)16)14-3-2-8-21-14/h2-3,8-11H,4-7H2,1H3. The second kappa shape index (κ2) is 5.52. The van der Waals surface area contributed by atoms with Gasteiger partial charge in [0.05, 0.1) is 4.88 Å². The number of imidazole rings is 1. The summed E-state index contributed by atoms with van der Waals surface area (Å²) in [5.41, 5.74) is 1.69. The van der Waals surface area contributed by atoms with E-state index in [2.05, 4.69) is 18.0 Å². The normalized spacial score (nSPS) is 16.5. The molecule has 0 aromatic carbocycles. The molecular formula is C16H17N3OS2. The number of nitrogens with zero attached hydrogens (tertiary/aromatic N) is 3. The van der Waals surface area contributed by atoms with Crippen LogP contribution in [-0.4, -0.2) is 33.3 Å². The molecule has 1 aliphatic heterocycles. The number of likely N-dealkylation sites (tertiary alicyclic amines) is 1. The van der Waals surface area contributed by atoms with Crippen LogP contribution in [0.4, 0.5) is 0 Å². The Morgan fingerprint density at radius 2 is 2.14 bits per heavy atom. The maximum absolute atomic E-state index is 12.8. The van der Waals surface area contributed by atoms with Crippen molar-refractivity contribution in [2.45, 2.75) is 19.8 Å². The molecule has 4 heterocycles. The van der Waals surface area contributed by atoms with E-state index >= 15 is 0 Å². The van der Waals surface area contributed by atoms with Crippen LogP contribution in [0.3, 0.4) is 0 Å². The van der Waals surface area contributed by atoms with E-state index in [1.165, 1.54) is 11.3 Å². The Balaban J connectivity index is 1.65. The van der Waals surface area contributed by atoms with Gasteiger partial charge < -0.3 is 4.90 Å². The number of hydrogen-bond acceptors (Lipinski definition) is 4. The van der Waals surface area contributed by atoms with Crippen LogP contribution < -0.4 is 0 Å². The van der Waals surface area contributed by atoms with Crippen LogP contribution in [0, 0.1) is 5.92 Å². The molecule has 0 saturated carbocycles. The number of piperidine rings is 1. The minimum Gasteiger partial charge on any atom is -0.337 e. The Morgan fingerprint density at radius 1 is 1.32 bits per heavy atom. The first-order valence-corrected chi connectivity index (χ1v) is 9.28. The van der Waals surface area contributed by atoms with Crippen LogP contribution in [0.1, 0.15) is 30.3 Å². The summed E-state index contributed by atoms with van der Waals surface area (Å²) >= 11 is 3.20. The molecule has 0 unspecified atom stereocenters. The quantitative estimate of drug-likeness (QED) is 0.712. The maximum atomic E-state index is 12.8. The smallest absolute Gasteiger partial charge is 0.271 e. The number of fused-ring (bicyclic) bond motifs is 1. The molecule has 1 fully saturated rings. The SMILES string of the molecule is CC1CCN(C(=O)c2csc3nc(-c4cccs4)cn23)CC1. The number of thiophene rings is 1. The molecule has 0 aliphatic carbocycles. The second-order valence-electron chi connectivity index (χ2n) is 5.85. The molecule has 1 amide bonds. The van der Waals surface area contributed by atoms with E-state index in [0.29, 0.717) is 0 Å². The zero-order valence-corrected chi connectivity index (χ0v) is 14.0. The molecule has 0 atom stereocenters. The van der Waals surface area contributed by atoms with Gasteiger partial charge in [-0.1, -0.05) is 13.0 Å². The van der Waals surface area contributed by atoms with Gasteiger partial charge in [-0.25, -0.2) is 4.98 Å². The molecule has 0 radical (unpaired) electrons. The van der Waals surface area contributed by atoms with Gasteiger partial charge in [0.25, 0.3) is 5.91 Å². The Morgan fingerprint density at radius 3 is 2.86 bits per heavy atom. The lowest BCUT2D eigenvalue weighted by Crippen LogP contribution is -2.38. The van der Waals surface area contributed by atoms with Gasteiger partial charge in [0.15, 0.2) is 4.96 Å². The van der Waals surface area contributed by atoms with Crippen molar-refractivity contribution in [1.29, 1.82) is 0 Å². The van der Waals surface area contributed by atoms with Crippen molar-refractivity contribution < 1.29 is 4.79 Å². The van der Waals surface area contributed by atoms with Crippen LogP contribution in [0.15, 0.2) is 29.1 Å². The monoisotopic (exact) mass is 331 g/mol. The molecule has 3 aromatic rings. The minimum atomic E-state index is 0.133. The molecule has 6 heteroatoms. The van der Waals surface area contributed by atoms with Gasteiger partial charge in [0.1, 0.15) is 11.4 Å². The van der Waals surface area contributed by atoms with Crippen molar-refractivity contribution in [2.75, 3.05) is 13.1 Å². The predicted molar refractivity (Wildman–Crippen MR) is 90.7 cm³/mol. The first-order valence-electron chi connectivity index (χ1n) is 7.52. The topological polar surface area (TPSA) is 37.6 Å². The highest BCUT2D eigenvalue weighted by Gasteiger charge is 2.24. The summed E-state index contributed by atoms with van der Waals surface area (Å²) in [6.07, 6.45) is 4.18. The third-order valence-electron chi connectivity index (χ3n) is 4.27. The molecule has 1 saturated heterocycles. The number of thiazole rings is 1. The molecule has 1 aliphatic rings. The minimum absolute atomic E-state index is 0.133. The molecule has 4 rings (SSSR count). The average Bonchev–Trinajstić information content (AvgIpc) is 3.23. The number of carbonyl (C=O) groups excluding carboxylic acids is 1. The third kappa shape index (κ3) is 2.36. The number of rotatable bonds is 2. The lowest BCUT2D eigenvalue weighted by molar-refractivity contribution is 0.0690. The fourth-order valence-corrected chi connectivity index (χ4v) is 4.38. The first-order chi connectivity index (χ1) is 10.7. The summed E-state index contributed by atoms with van der Waals surface area (Å²) in [6, 6.07) is 4.08.